The Balaban J connectivity index is 1.85. The molecule has 1 aromatic carbocycles. The summed E-state index contributed by atoms with van der Waals surface area (Å²) in [5.74, 6) is 1.64. The lowest BCUT2D eigenvalue weighted by atomic mass is 10.1. The second kappa shape index (κ2) is 7.47. The molecule has 1 unspecified atom stereocenters. The highest BCUT2D eigenvalue weighted by Crippen LogP contribution is 2.21. The van der Waals surface area contributed by atoms with Crippen molar-refractivity contribution >= 4 is 17.5 Å². The summed E-state index contributed by atoms with van der Waals surface area (Å²) in [7, 11) is 1.77. The van der Waals surface area contributed by atoms with Gasteiger partial charge in [-0.3, -0.25) is 4.79 Å². The number of hydrogen-bond acceptors (Lipinski definition) is 3. The largest absolute Gasteiger partial charge is 0.464 e. The van der Waals surface area contributed by atoms with Crippen molar-refractivity contribution in [2.75, 3.05) is 13.6 Å². The second-order valence-electron chi connectivity index (χ2n) is 5.39. The molecule has 1 amide bonds. The summed E-state index contributed by atoms with van der Waals surface area (Å²) in [6, 6.07) is 11.4. The molecule has 0 bridgehead atoms. The summed E-state index contributed by atoms with van der Waals surface area (Å²) in [5.41, 5.74) is 0.987. The average molecular weight is 321 g/mol. The van der Waals surface area contributed by atoms with Gasteiger partial charge < -0.3 is 14.6 Å². The van der Waals surface area contributed by atoms with E-state index in [2.05, 4.69) is 5.32 Å². The number of likely N-dealkylation sites (N-methyl/N-ethyl adjacent to an activating group) is 1. The molecule has 0 radical (unpaired) electrons. The number of furan rings is 1. The molecule has 4 nitrogen and oxygen atoms in total. The number of benzene rings is 1. The van der Waals surface area contributed by atoms with E-state index in [9.17, 15) is 4.79 Å². The van der Waals surface area contributed by atoms with Crippen molar-refractivity contribution in [2.45, 2.75) is 26.4 Å². The summed E-state index contributed by atoms with van der Waals surface area (Å²) in [5, 5.41) is 3.91. The molecule has 1 N–H and O–H groups in total. The number of amides is 1. The lowest BCUT2D eigenvalue weighted by molar-refractivity contribution is -0.129. The molecule has 0 saturated carbocycles. The molecule has 1 aromatic heterocycles. The van der Waals surface area contributed by atoms with Gasteiger partial charge in [-0.2, -0.15) is 0 Å². The predicted molar refractivity (Wildman–Crippen MR) is 87.8 cm³/mol. The van der Waals surface area contributed by atoms with Gasteiger partial charge in [-0.15, -0.1) is 0 Å². The molecule has 118 valence electrons. The van der Waals surface area contributed by atoms with Crippen LogP contribution in [0.1, 0.15) is 30.0 Å². The van der Waals surface area contributed by atoms with Crippen molar-refractivity contribution in [1.82, 2.24) is 10.2 Å². The van der Waals surface area contributed by atoms with Crippen LogP contribution in [0, 0.1) is 6.92 Å². The number of nitrogens with one attached hydrogen (secondary N) is 1. The Morgan fingerprint density at radius 2 is 2.05 bits per heavy atom. The molecule has 0 aliphatic heterocycles. The van der Waals surface area contributed by atoms with Crippen LogP contribution in [-0.2, 0) is 11.3 Å². The van der Waals surface area contributed by atoms with Crippen LogP contribution in [-0.4, -0.2) is 24.4 Å². The highest BCUT2D eigenvalue weighted by molar-refractivity contribution is 6.31. The molecule has 0 aliphatic carbocycles. The Bertz CT molecular complexity index is 639. The van der Waals surface area contributed by atoms with Gasteiger partial charge in [0.2, 0.25) is 5.91 Å². The van der Waals surface area contributed by atoms with Crippen molar-refractivity contribution in [3.05, 3.63) is 58.5 Å². The third-order valence-electron chi connectivity index (χ3n) is 3.55. The average Bonchev–Trinajstić information content (AvgIpc) is 2.90. The summed E-state index contributed by atoms with van der Waals surface area (Å²) in [6.45, 7) is 4.60. The maximum absolute atomic E-state index is 12.2. The summed E-state index contributed by atoms with van der Waals surface area (Å²) >= 11 is 6.16. The van der Waals surface area contributed by atoms with E-state index in [1.807, 2.05) is 50.2 Å². The third kappa shape index (κ3) is 4.36. The number of nitrogens with zero attached hydrogens (tertiary/aromatic N) is 1. The first kappa shape index (κ1) is 16.6. The highest BCUT2D eigenvalue weighted by Gasteiger charge is 2.14. The number of hydrogen-bond donors (Lipinski definition) is 1. The van der Waals surface area contributed by atoms with Gasteiger partial charge in [0.15, 0.2) is 0 Å². The molecule has 0 spiro atoms. The fourth-order valence-corrected chi connectivity index (χ4v) is 2.50. The van der Waals surface area contributed by atoms with Crippen molar-refractivity contribution < 1.29 is 9.21 Å². The van der Waals surface area contributed by atoms with Gasteiger partial charge >= 0.3 is 0 Å². The summed E-state index contributed by atoms with van der Waals surface area (Å²) < 4.78 is 5.48. The molecule has 1 atom stereocenters. The Kier molecular flexibility index (Phi) is 5.63. The van der Waals surface area contributed by atoms with E-state index in [1.54, 1.807) is 11.9 Å². The molecule has 22 heavy (non-hydrogen) atoms. The van der Waals surface area contributed by atoms with Crippen LogP contribution in [0.5, 0.6) is 0 Å². The number of carbonyl (C=O) groups is 1. The van der Waals surface area contributed by atoms with E-state index in [0.717, 1.165) is 17.1 Å². The van der Waals surface area contributed by atoms with E-state index < -0.39 is 0 Å². The van der Waals surface area contributed by atoms with Crippen LogP contribution in [0.15, 0.2) is 40.8 Å². The number of rotatable bonds is 6. The molecule has 0 saturated heterocycles. The van der Waals surface area contributed by atoms with Gasteiger partial charge in [0.25, 0.3) is 0 Å². The van der Waals surface area contributed by atoms with E-state index in [-0.39, 0.29) is 18.5 Å². The predicted octanol–water partition coefficient (Wildman–Crippen LogP) is 3.55. The van der Waals surface area contributed by atoms with Crippen LogP contribution >= 0.6 is 11.6 Å². The van der Waals surface area contributed by atoms with Gasteiger partial charge in [-0.25, -0.2) is 0 Å². The summed E-state index contributed by atoms with van der Waals surface area (Å²) in [4.78, 5) is 13.8. The number of carbonyl (C=O) groups excluding carboxylic acids is 1. The number of halogens is 1. The molecule has 1 heterocycles. The second-order valence-corrected chi connectivity index (χ2v) is 5.79. The van der Waals surface area contributed by atoms with Gasteiger partial charge in [0.1, 0.15) is 11.5 Å². The molecular formula is C17H21ClN2O2. The van der Waals surface area contributed by atoms with Crippen molar-refractivity contribution in [3.63, 3.8) is 0 Å². The lowest BCUT2D eigenvalue weighted by Crippen LogP contribution is -2.36. The first-order valence-electron chi connectivity index (χ1n) is 7.24. The van der Waals surface area contributed by atoms with Gasteiger partial charge in [-0.1, -0.05) is 29.8 Å². The Labute approximate surface area is 136 Å². The Hall–Kier alpha value is -1.78. The van der Waals surface area contributed by atoms with Crippen LogP contribution in [0.25, 0.3) is 0 Å². The minimum atomic E-state index is 0.00737. The molecule has 5 heteroatoms. The SMILES string of the molecule is Cc1ccc(CN(C)C(=O)CNC(C)c2ccccc2Cl)o1. The maximum atomic E-state index is 12.2. The lowest BCUT2D eigenvalue weighted by Gasteiger charge is -2.19. The smallest absolute Gasteiger partial charge is 0.236 e. The zero-order chi connectivity index (χ0) is 16.1. The van der Waals surface area contributed by atoms with Crippen LogP contribution in [0.3, 0.4) is 0 Å². The molecule has 2 aromatic rings. The maximum Gasteiger partial charge on any atom is 0.236 e. The first-order valence-corrected chi connectivity index (χ1v) is 7.62. The van der Waals surface area contributed by atoms with Crippen molar-refractivity contribution in [2.24, 2.45) is 0 Å². The third-order valence-corrected chi connectivity index (χ3v) is 3.89. The Morgan fingerprint density at radius 3 is 2.68 bits per heavy atom. The first-order chi connectivity index (χ1) is 10.5. The topological polar surface area (TPSA) is 45.5 Å². The normalized spacial score (nSPS) is 12.2. The molecular weight excluding hydrogens is 300 g/mol. The van der Waals surface area contributed by atoms with Gasteiger partial charge in [0, 0.05) is 18.1 Å². The monoisotopic (exact) mass is 320 g/mol. The highest BCUT2D eigenvalue weighted by atomic mass is 35.5. The zero-order valence-corrected chi connectivity index (χ0v) is 13.9. The number of aryl methyl sites for hydroxylation is 1. The van der Waals surface area contributed by atoms with Crippen molar-refractivity contribution in [1.29, 1.82) is 0 Å². The van der Waals surface area contributed by atoms with Gasteiger partial charge in [0.05, 0.1) is 13.1 Å². The van der Waals surface area contributed by atoms with Crippen LogP contribution in [0.4, 0.5) is 0 Å². The molecule has 0 fully saturated rings. The summed E-state index contributed by atoms with van der Waals surface area (Å²) in [6.07, 6.45) is 0. The minimum Gasteiger partial charge on any atom is -0.464 e. The zero-order valence-electron chi connectivity index (χ0n) is 13.1. The van der Waals surface area contributed by atoms with Crippen molar-refractivity contribution in [3.8, 4) is 0 Å². The quantitative estimate of drug-likeness (QED) is 0.885. The van der Waals surface area contributed by atoms with Gasteiger partial charge in [-0.05, 0) is 37.6 Å². The van der Waals surface area contributed by atoms with E-state index in [1.165, 1.54) is 0 Å². The van der Waals surface area contributed by atoms with E-state index in [4.69, 9.17) is 16.0 Å². The molecule has 2 rings (SSSR count). The van der Waals surface area contributed by atoms with E-state index in [0.29, 0.717) is 11.6 Å². The van der Waals surface area contributed by atoms with E-state index >= 15 is 0 Å². The van der Waals surface area contributed by atoms with Crippen LogP contribution < -0.4 is 5.32 Å². The fraction of sp³-hybridized carbons (Fsp3) is 0.353. The standard InChI is InChI=1S/C17H21ClN2O2/c1-12-8-9-14(22-12)11-20(3)17(21)10-19-13(2)15-6-4-5-7-16(15)18/h4-9,13,19H,10-11H2,1-3H3. The fourth-order valence-electron chi connectivity index (χ4n) is 2.20. The Morgan fingerprint density at radius 1 is 1.32 bits per heavy atom. The minimum absolute atomic E-state index is 0.00737. The molecule has 0 aliphatic rings. The van der Waals surface area contributed by atoms with Crippen LogP contribution in [0.2, 0.25) is 5.02 Å².